The molecule has 10 nitrogen and oxygen atoms in total. The minimum absolute atomic E-state index is 0.0418. The van der Waals surface area contributed by atoms with E-state index >= 15 is 0 Å². The number of rotatable bonds is 11. The summed E-state index contributed by atoms with van der Waals surface area (Å²) in [4.78, 5) is 11.7. The fraction of sp³-hybridized carbons (Fsp3) is 0.750. The number of β-lactam (4-membered cyclic amide) rings is 1. The molecule has 220 valence electrons. The third-order valence-electron chi connectivity index (χ3n) is 7.41. The quantitative estimate of drug-likeness (QED) is 0.313. The Morgan fingerprint density at radius 3 is 2.10 bits per heavy atom. The molecule has 1 aromatic carbocycles. The van der Waals surface area contributed by atoms with Crippen LogP contribution in [-0.2, 0) is 42.8 Å². The first kappa shape index (κ1) is 30.4. The molecule has 6 atom stereocenters. The summed E-state index contributed by atoms with van der Waals surface area (Å²) in [5.41, 5.74) is 2.53. The lowest BCUT2D eigenvalue weighted by Gasteiger charge is -2.35. The molecule has 1 N–H and O–H groups in total. The molecule has 0 saturated carbocycles. The Morgan fingerprint density at radius 1 is 1.03 bits per heavy atom. The molecule has 11 heteroatoms. The number of hydrogen-bond acceptors (Lipinski definition) is 9. The Hall–Kier alpha value is -1.60. The van der Waals surface area contributed by atoms with Crippen LogP contribution in [0.15, 0.2) is 17.0 Å². The zero-order valence-corrected chi connectivity index (χ0v) is 25.2. The van der Waals surface area contributed by atoms with E-state index in [0.717, 1.165) is 16.7 Å². The first-order chi connectivity index (χ1) is 18.1. The van der Waals surface area contributed by atoms with Crippen molar-refractivity contribution in [1.82, 2.24) is 5.32 Å². The van der Waals surface area contributed by atoms with Crippen LogP contribution in [0.5, 0.6) is 0 Å². The number of methoxy groups -OCH3 is 1. The highest BCUT2D eigenvalue weighted by atomic mass is 32.2. The largest absolute Gasteiger partial charge is 0.376 e. The van der Waals surface area contributed by atoms with Gasteiger partial charge in [0.05, 0.1) is 13.0 Å². The number of carbonyl (C=O) groups is 1. The monoisotopic (exact) mass is 569 g/mol. The first-order valence-electron chi connectivity index (χ1n) is 13.7. The Morgan fingerprint density at radius 2 is 1.62 bits per heavy atom. The average molecular weight is 570 g/mol. The normalized spacial score (nSPS) is 29.1. The van der Waals surface area contributed by atoms with Crippen LogP contribution in [0.1, 0.15) is 96.3 Å². The van der Waals surface area contributed by atoms with E-state index in [-0.39, 0.29) is 41.6 Å². The van der Waals surface area contributed by atoms with E-state index in [4.69, 9.17) is 27.9 Å². The summed E-state index contributed by atoms with van der Waals surface area (Å²) in [6.45, 7) is 15.3. The molecule has 0 radical (unpaired) electrons. The summed E-state index contributed by atoms with van der Waals surface area (Å²) in [6, 6.07) is 3.93. The van der Waals surface area contributed by atoms with Gasteiger partial charge in [-0.1, -0.05) is 53.7 Å². The van der Waals surface area contributed by atoms with Crippen LogP contribution in [0.25, 0.3) is 0 Å². The first-order valence-corrected chi connectivity index (χ1v) is 15.1. The van der Waals surface area contributed by atoms with Crippen molar-refractivity contribution in [3.63, 3.8) is 0 Å². The molecule has 0 bridgehead atoms. The Labute approximate surface area is 232 Å². The molecular formula is C28H43NO9S. The Kier molecular flexibility index (Phi) is 8.83. The van der Waals surface area contributed by atoms with Gasteiger partial charge in [-0.3, -0.25) is 8.98 Å². The minimum atomic E-state index is -4.20. The van der Waals surface area contributed by atoms with Gasteiger partial charge in [0.1, 0.15) is 35.5 Å². The van der Waals surface area contributed by atoms with Crippen molar-refractivity contribution in [2.45, 2.75) is 127 Å². The molecule has 4 rings (SSSR count). The van der Waals surface area contributed by atoms with Crippen molar-refractivity contribution in [3.05, 3.63) is 28.8 Å². The number of amides is 1. The molecule has 0 spiro atoms. The van der Waals surface area contributed by atoms with Crippen molar-refractivity contribution in [2.24, 2.45) is 0 Å². The van der Waals surface area contributed by atoms with Gasteiger partial charge in [0.25, 0.3) is 10.1 Å². The summed E-state index contributed by atoms with van der Waals surface area (Å²) in [6.07, 6.45) is -3.92. The molecule has 3 aliphatic heterocycles. The molecule has 0 unspecified atom stereocenters. The lowest BCUT2D eigenvalue weighted by molar-refractivity contribution is -0.239. The molecule has 0 aliphatic carbocycles. The number of fused-ring (bicyclic) bond motifs is 1. The number of carbonyl (C=O) groups excluding carboxylic acids is 1. The van der Waals surface area contributed by atoms with E-state index in [2.05, 4.69) is 19.2 Å². The van der Waals surface area contributed by atoms with Gasteiger partial charge in [-0.25, -0.2) is 0 Å². The molecule has 1 amide bonds. The summed E-state index contributed by atoms with van der Waals surface area (Å²) in [5.74, 6) is -0.841. The van der Waals surface area contributed by atoms with Crippen molar-refractivity contribution in [2.75, 3.05) is 13.7 Å². The van der Waals surface area contributed by atoms with Gasteiger partial charge < -0.3 is 29.0 Å². The van der Waals surface area contributed by atoms with E-state index in [1.54, 1.807) is 13.8 Å². The SMILES string of the molecule is CO[C@H]1[C@H]2OC(C)(C)O[C@H]2O[C@@H]1[C@@H](COS(=O)(=O)c1c(C(C)C)cc(C(C)C)cc1C(C)C)O[C@H]1CC(=O)N1. The van der Waals surface area contributed by atoms with E-state index in [1.165, 1.54) is 7.11 Å². The molecule has 3 saturated heterocycles. The van der Waals surface area contributed by atoms with E-state index in [0.29, 0.717) is 0 Å². The summed E-state index contributed by atoms with van der Waals surface area (Å²) in [7, 11) is -2.68. The molecule has 3 heterocycles. The van der Waals surface area contributed by atoms with E-state index in [1.807, 2.05) is 39.8 Å². The molecule has 0 aromatic heterocycles. The van der Waals surface area contributed by atoms with Crippen molar-refractivity contribution in [3.8, 4) is 0 Å². The van der Waals surface area contributed by atoms with Crippen LogP contribution < -0.4 is 5.32 Å². The topological polar surface area (TPSA) is 119 Å². The molecule has 3 aliphatic rings. The molecule has 1 aromatic rings. The number of ether oxygens (including phenoxy) is 5. The highest BCUT2D eigenvalue weighted by molar-refractivity contribution is 7.86. The highest BCUT2D eigenvalue weighted by Gasteiger charge is 2.57. The lowest BCUT2D eigenvalue weighted by atomic mass is 9.89. The fourth-order valence-corrected chi connectivity index (χ4v) is 6.89. The van der Waals surface area contributed by atoms with Crippen LogP contribution in [0.3, 0.4) is 0 Å². The summed E-state index contributed by atoms with van der Waals surface area (Å²) in [5, 5.41) is 2.66. The second-order valence-electron chi connectivity index (χ2n) is 11.9. The number of hydrogen-bond donors (Lipinski definition) is 1. The maximum atomic E-state index is 13.9. The maximum Gasteiger partial charge on any atom is 0.297 e. The molecule has 3 fully saturated rings. The summed E-state index contributed by atoms with van der Waals surface area (Å²) < 4.78 is 63.3. The summed E-state index contributed by atoms with van der Waals surface area (Å²) >= 11 is 0. The number of benzene rings is 1. The lowest BCUT2D eigenvalue weighted by Crippen LogP contribution is -2.55. The van der Waals surface area contributed by atoms with E-state index < -0.39 is 52.8 Å². The van der Waals surface area contributed by atoms with Crippen molar-refractivity contribution in [1.29, 1.82) is 0 Å². The van der Waals surface area contributed by atoms with Crippen LogP contribution in [0, 0.1) is 0 Å². The molecular weight excluding hydrogens is 526 g/mol. The van der Waals surface area contributed by atoms with Gasteiger partial charge in [-0.2, -0.15) is 8.42 Å². The van der Waals surface area contributed by atoms with Gasteiger partial charge in [-0.15, -0.1) is 0 Å². The molecule has 39 heavy (non-hydrogen) atoms. The average Bonchev–Trinajstić information content (AvgIpc) is 3.30. The highest BCUT2D eigenvalue weighted by Crippen LogP contribution is 2.41. The van der Waals surface area contributed by atoms with Crippen LogP contribution >= 0.6 is 0 Å². The predicted octanol–water partition coefficient (Wildman–Crippen LogP) is 3.88. The predicted molar refractivity (Wildman–Crippen MR) is 143 cm³/mol. The van der Waals surface area contributed by atoms with Crippen LogP contribution in [0.4, 0.5) is 0 Å². The Bertz CT molecular complexity index is 1130. The van der Waals surface area contributed by atoms with Crippen LogP contribution in [0.2, 0.25) is 0 Å². The maximum absolute atomic E-state index is 13.9. The zero-order chi connectivity index (χ0) is 28.9. The second kappa shape index (κ2) is 11.3. The van der Waals surface area contributed by atoms with Crippen LogP contribution in [-0.4, -0.2) is 70.8 Å². The zero-order valence-electron chi connectivity index (χ0n) is 24.3. The van der Waals surface area contributed by atoms with Gasteiger partial charge in [0.2, 0.25) is 5.91 Å². The third kappa shape index (κ3) is 6.34. The van der Waals surface area contributed by atoms with Gasteiger partial charge >= 0.3 is 0 Å². The number of nitrogens with one attached hydrogen (secondary N) is 1. The Balaban J connectivity index is 1.63. The standard InChI is InChI=1S/C28H43NO9S/c1-14(2)17-10-18(15(3)4)26(19(11-17)16(5)6)39(31,32)34-13-20(35-22-12-21(30)29-22)23-24(33-9)25-27(36-23)38-28(7,8)37-25/h10-11,14-16,20,22-25,27H,12-13H2,1-9H3,(H,29,30)/t20-,22+,23-,24-,25-,27-/m1/s1. The van der Waals surface area contributed by atoms with E-state index in [9.17, 15) is 13.2 Å². The van der Waals surface area contributed by atoms with Gasteiger partial charge in [-0.05, 0) is 48.3 Å². The third-order valence-corrected chi connectivity index (χ3v) is 8.83. The van der Waals surface area contributed by atoms with Gasteiger partial charge in [0, 0.05) is 7.11 Å². The van der Waals surface area contributed by atoms with Crippen molar-refractivity contribution < 1.29 is 41.1 Å². The van der Waals surface area contributed by atoms with Gasteiger partial charge in [0.15, 0.2) is 12.1 Å². The fourth-order valence-electron chi connectivity index (χ4n) is 5.30. The van der Waals surface area contributed by atoms with Crippen molar-refractivity contribution >= 4 is 16.0 Å². The second-order valence-corrected chi connectivity index (χ2v) is 13.5. The smallest absolute Gasteiger partial charge is 0.297 e. The minimum Gasteiger partial charge on any atom is -0.376 e.